The molecule has 0 unspecified atom stereocenters. The molecule has 0 radical (unpaired) electrons. The van der Waals surface area contributed by atoms with Gasteiger partial charge >= 0.3 is 0 Å². The first kappa shape index (κ1) is 14.8. The maximum atomic E-state index is 10.7. The number of amides is 1. The molecule has 110 valence electrons. The second kappa shape index (κ2) is 6.21. The van der Waals surface area contributed by atoms with Gasteiger partial charge in [0.15, 0.2) is 5.82 Å². The van der Waals surface area contributed by atoms with Crippen molar-refractivity contribution in [3.63, 3.8) is 0 Å². The van der Waals surface area contributed by atoms with Crippen LogP contribution in [0, 0.1) is 6.92 Å². The van der Waals surface area contributed by atoms with Gasteiger partial charge in [-0.2, -0.15) is 0 Å². The van der Waals surface area contributed by atoms with Gasteiger partial charge < -0.3 is 10.5 Å². The van der Waals surface area contributed by atoms with Crippen molar-refractivity contribution in [3.05, 3.63) is 36.2 Å². The Hall–Kier alpha value is -2.63. The van der Waals surface area contributed by atoms with Crippen LogP contribution in [0.25, 0.3) is 17.6 Å². The summed E-state index contributed by atoms with van der Waals surface area (Å²) in [6.07, 6.45) is 4.30. The van der Waals surface area contributed by atoms with Crippen LogP contribution in [0.1, 0.15) is 19.4 Å². The van der Waals surface area contributed by atoms with E-state index < -0.39 is 5.91 Å². The lowest BCUT2D eigenvalue weighted by Crippen LogP contribution is -2.06. The molecule has 1 aromatic heterocycles. The van der Waals surface area contributed by atoms with Crippen LogP contribution in [0.15, 0.2) is 30.6 Å². The Labute approximate surface area is 123 Å². The summed E-state index contributed by atoms with van der Waals surface area (Å²) in [7, 11) is 0. The quantitative estimate of drug-likeness (QED) is 0.852. The topological polar surface area (TPSA) is 83.0 Å². The Bertz CT molecular complexity index is 674. The zero-order chi connectivity index (χ0) is 15.4. The molecule has 0 saturated carbocycles. The van der Waals surface area contributed by atoms with Crippen molar-refractivity contribution in [1.82, 2.24) is 14.8 Å². The van der Waals surface area contributed by atoms with E-state index in [-0.39, 0.29) is 6.10 Å². The van der Waals surface area contributed by atoms with E-state index in [4.69, 9.17) is 10.5 Å². The monoisotopic (exact) mass is 286 g/mol. The fraction of sp³-hybridized carbons (Fsp3) is 0.267. The third-order valence-corrected chi connectivity index (χ3v) is 2.58. The van der Waals surface area contributed by atoms with Crippen LogP contribution in [0.4, 0.5) is 0 Å². The molecule has 0 aliphatic carbocycles. The van der Waals surface area contributed by atoms with E-state index in [1.165, 1.54) is 23.3 Å². The number of carbonyl (C=O) groups excluding carboxylic acids is 1. The predicted molar refractivity (Wildman–Crippen MR) is 80.5 cm³/mol. The minimum atomic E-state index is -0.532. The number of carbonyl (C=O) groups is 1. The van der Waals surface area contributed by atoms with Crippen LogP contribution < -0.4 is 10.5 Å². The van der Waals surface area contributed by atoms with Crippen molar-refractivity contribution in [1.29, 1.82) is 0 Å². The maximum absolute atomic E-state index is 10.7. The molecule has 0 atom stereocenters. The number of rotatable bonds is 5. The maximum Gasteiger partial charge on any atom is 0.242 e. The van der Waals surface area contributed by atoms with Crippen molar-refractivity contribution in [2.45, 2.75) is 26.9 Å². The zero-order valence-corrected chi connectivity index (χ0v) is 12.3. The fourth-order valence-corrected chi connectivity index (χ4v) is 1.85. The number of primary amides is 1. The summed E-state index contributed by atoms with van der Waals surface area (Å²) in [5.74, 6) is 0.806. The highest BCUT2D eigenvalue weighted by Crippen LogP contribution is 2.24. The van der Waals surface area contributed by atoms with Crippen molar-refractivity contribution < 1.29 is 9.53 Å². The standard InChI is InChI=1S/C15H18N4O2/c1-10(2)21-13-7-11(3)6-12(8-13)15-17-9-19(18-15)5-4-14(16)20/h4-10H,1-3H3,(H2,16,20)/b5-4-. The first-order valence-corrected chi connectivity index (χ1v) is 6.61. The van der Waals surface area contributed by atoms with E-state index in [1.54, 1.807) is 0 Å². The van der Waals surface area contributed by atoms with Crippen LogP contribution in [0.3, 0.4) is 0 Å². The van der Waals surface area contributed by atoms with Gasteiger partial charge in [0.1, 0.15) is 12.1 Å². The number of nitrogens with zero attached hydrogens (tertiary/aromatic N) is 3. The van der Waals surface area contributed by atoms with E-state index in [2.05, 4.69) is 10.1 Å². The molecule has 6 heteroatoms. The minimum absolute atomic E-state index is 0.101. The largest absolute Gasteiger partial charge is 0.491 e. The lowest BCUT2D eigenvalue weighted by Gasteiger charge is -2.11. The number of hydrogen-bond donors (Lipinski definition) is 1. The molecular weight excluding hydrogens is 268 g/mol. The third kappa shape index (κ3) is 4.17. The Balaban J connectivity index is 2.29. The Morgan fingerprint density at radius 3 is 2.81 bits per heavy atom. The van der Waals surface area contributed by atoms with Crippen molar-refractivity contribution >= 4 is 12.1 Å². The summed E-state index contributed by atoms with van der Waals surface area (Å²) in [6, 6.07) is 5.84. The second-order valence-electron chi connectivity index (χ2n) is 4.97. The summed E-state index contributed by atoms with van der Waals surface area (Å²) < 4.78 is 7.14. The zero-order valence-electron chi connectivity index (χ0n) is 12.3. The predicted octanol–water partition coefficient (Wildman–Crippen LogP) is 2.00. The fourth-order valence-electron chi connectivity index (χ4n) is 1.85. The van der Waals surface area contributed by atoms with E-state index in [1.807, 2.05) is 39.0 Å². The highest BCUT2D eigenvalue weighted by atomic mass is 16.5. The summed E-state index contributed by atoms with van der Waals surface area (Å²) in [4.78, 5) is 14.9. The van der Waals surface area contributed by atoms with Gasteiger partial charge in [-0.25, -0.2) is 9.67 Å². The van der Waals surface area contributed by atoms with Gasteiger partial charge in [-0.3, -0.25) is 4.79 Å². The molecule has 2 aromatic rings. The molecule has 2 N–H and O–H groups in total. The van der Waals surface area contributed by atoms with Crippen LogP contribution in [0.5, 0.6) is 5.75 Å². The number of aromatic nitrogens is 3. The number of aryl methyl sites for hydroxylation is 1. The van der Waals surface area contributed by atoms with Gasteiger partial charge in [0.2, 0.25) is 5.91 Å². The van der Waals surface area contributed by atoms with E-state index in [0.717, 1.165) is 16.9 Å². The Morgan fingerprint density at radius 2 is 2.14 bits per heavy atom. The Morgan fingerprint density at radius 1 is 1.38 bits per heavy atom. The van der Waals surface area contributed by atoms with Gasteiger partial charge in [-0.05, 0) is 44.5 Å². The van der Waals surface area contributed by atoms with Crippen molar-refractivity contribution in [2.75, 3.05) is 0 Å². The summed E-state index contributed by atoms with van der Waals surface area (Å²) in [5.41, 5.74) is 6.96. The lowest BCUT2D eigenvalue weighted by molar-refractivity contribution is -0.113. The van der Waals surface area contributed by atoms with E-state index >= 15 is 0 Å². The third-order valence-electron chi connectivity index (χ3n) is 2.58. The van der Waals surface area contributed by atoms with Gasteiger partial charge in [0.05, 0.1) is 6.10 Å². The second-order valence-corrected chi connectivity index (χ2v) is 4.97. The average Bonchev–Trinajstić information content (AvgIpc) is 2.83. The molecule has 0 saturated heterocycles. The van der Waals surface area contributed by atoms with E-state index in [0.29, 0.717) is 5.82 Å². The van der Waals surface area contributed by atoms with Gasteiger partial charge in [0, 0.05) is 17.8 Å². The minimum Gasteiger partial charge on any atom is -0.491 e. The van der Waals surface area contributed by atoms with E-state index in [9.17, 15) is 4.79 Å². The Kier molecular flexibility index (Phi) is 4.37. The molecule has 0 aliphatic heterocycles. The van der Waals surface area contributed by atoms with Crippen LogP contribution in [0.2, 0.25) is 0 Å². The number of nitrogens with two attached hydrogens (primary N) is 1. The molecule has 1 heterocycles. The highest BCUT2D eigenvalue weighted by Gasteiger charge is 2.07. The summed E-state index contributed by atoms with van der Waals surface area (Å²) >= 11 is 0. The highest BCUT2D eigenvalue weighted by molar-refractivity contribution is 5.88. The molecule has 0 spiro atoms. The molecule has 0 aliphatic rings. The lowest BCUT2D eigenvalue weighted by atomic mass is 10.1. The van der Waals surface area contributed by atoms with Crippen molar-refractivity contribution in [2.24, 2.45) is 5.73 Å². The molecule has 0 fully saturated rings. The first-order valence-electron chi connectivity index (χ1n) is 6.61. The average molecular weight is 286 g/mol. The molecular formula is C15H18N4O2. The van der Waals surface area contributed by atoms with Crippen LogP contribution in [-0.4, -0.2) is 26.8 Å². The summed E-state index contributed by atoms with van der Waals surface area (Å²) in [5, 5.41) is 4.27. The molecule has 0 bridgehead atoms. The molecule has 6 nitrogen and oxygen atoms in total. The van der Waals surface area contributed by atoms with Crippen molar-refractivity contribution in [3.8, 4) is 17.1 Å². The van der Waals surface area contributed by atoms with Crippen LogP contribution >= 0.6 is 0 Å². The number of hydrogen-bond acceptors (Lipinski definition) is 4. The number of ether oxygens (including phenoxy) is 1. The summed E-state index contributed by atoms with van der Waals surface area (Å²) in [6.45, 7) is 5.94. The molecule has 1 aromatic carbocycles. The molecule has 1 amide bonds. The van der Waals surface area contributed by atoms with Gasteiger partial charge in [-0.15, -0.1) is 5.10 Å². The molecule has 2 rings (SSSR count). The SMILES string of the molecule is Cc1cc(OC(C)C)cc(-c2ncn(/C=C\C(N)=O)n2)c1. The smallest absolute Gasteiger partial charge is 0.242 e. The van der Waals surface area contributed by atoms with Crippen LogP contribution in [-0.2, 0) is 4.79 Å². The van der Waals surface area contributed by atoms with Gasteiger partial charge in [-0.1, -0.05) is 0 Å². The van der Waals surface area contributed by atoms with Gasteiger partial charge in [0.25, 0.3) is 0 Å². The number of benzene rings is 1. The normalized spacial score (nSPS) is 11.2. The first-order chi connectivity index (χ1) is 9.94. The molecule has 21 heavy (non-hydrogen) atoms.